The van der Waals surface area contributed by atoms with E-state index >= 15 is 0 Å². The molecule has 1 aromatic heterocycles. The zero-order valence-corrected chi connectivity index (χ0v) is 17.5. The highest BCUT2D eigenvalue weighted by Gasteiger charge is 2.15. The predicted molar refractivity (Wildman–Crippen MR) is 117 cm³/mol. The number of benzene rings is 2. The Morgan fingerprint density at radius 3 is 2.45 bits per heavy atom. The van der Waals surface area contributed by atoms with Gasteiger partial charge in [0, 0.05) is 22.7 Å². The first-order valence-electron chi connectivity index (χ1n) is 9.59. The molecule has 150 valence electrons. The van der Waals surface area contributed by atoms with E-state index in [1.54, 1.807) is 24.3 Å². The van der Waals surface area contributed by atoms with Gasteiger partial charge in [0.15, 0.2) is 0 Å². The van der Waals surface area contributed by atoms with E-state index in [-0.39, 0.29) is 11.8 Å². The van der Waals surface area contributed by atoms with Crippen LogP contribution in [0.4, 0.5) is 10.8 Å². The van der Waals surface area contributed by atoms with Crippen LogP contribution in [0.3, 0.4) is 0 Å². The zero-order valence-electron chi connectivity index (χ0n) is 16.7. The molecule has 0 spiro atoms. The fraction of sp³-hybridized carbons (Fsp3) is 0.273. The van der Waals surface area contributed by atoms with Gasteiger partial charge in [-0.2, -0.15) is 0 Å². The Bertz CT molecular complexity index is 1000. The SMILES string of the molecule is CCCC(C)c1nnc(NC(=O)c2ccc(C)c(NC(=O)c3ccccc3)c2)s1. The number of hydrogen-bond acceptors (Lipinski definition) is 5. The Labute approximate surface area is 174 Å². The highest BCUT2D eigenvalue weighted by Crippen LogP contribution is 2.27. The number of carbonyl (C=O) groups excluding carboxylic acids is 2. The number of amides is 2. The molecular formula is C22H24N4O2S. The summed E-state index contributed by atoms with van der Waals surface area (Å²) in [6.45, 7) is 6.12. The van der Waals surface area contributed by atoms with E-state index in [0.717, 1.165) is 23.4 Å². The molecule has 2 N–H and O–H groups in total. The van der Waals surface area contributed by atoms with Crippen molar-refractivity contribution >= 4 is 34.0 Å². The van der Waals surface area contributed by atoms with Gasteiger partial charge < -0.3 is 5.32 Å². The number of nitrogens with one attached hydrogen (secondary N) is 2. The van der Waals surface area contributed by atoms with Crippen LogP contribution in [0.5, 0.6) is 0 Å². The summed E-state index contributed by atoms with van der Waals surface area (Å²) in [4.78, 5) is 25.1. The highest BCUT2D eigenvalue weighted by molar-refractivity contribution is 7.15. The van der Waals surface area contributed by atoms with Crippen LogP contribution in [0.2, 0.25) is 0 Å². The molecule has 2 amide bonds. The molecular weight excluding hydrogens is 384 g/mol. The second-order valence-corrected chi connectivity index (χ2v) is 7.95. The van der Waals surface area contributed by atoms with Crippen LogP contribution in [-0.2, 0) is 0 Å². The average Bonchev–Trinajstić information content (AvgIpc) is 3.19. The van der Waals surface area contributed by atoms with Gasteiger partial charge in [0.1, 0.15) is 5.01 Å². The van der Waals surface area contributed by atoms with E-state index in [1.165, 1.54) is 11.3 Å². The van der Waals surface area contributed by atoms with Gasteiger partial charge in [0.2, 0.25) is 5.13 Å². The van der Waals surface area contributed by atoms with Gasteiger partial charge >= 0.3 is 0 Å². The topological polar surface area (TPSA) is 84.0 Å². The molecule has 3 rings (SSSR count). The quantitative estimate of drug-likeness (QED) is 0.559. The summed E-state index contributed by atoms with van der Waals surface area (Å²) in [7, 11) is 0. The number of aryl methyl sites for hydroxylation is 1. The number of aromatic nitrogens is 2. The second kappa shape index (κ2) is 9.43. The zero-order chi connectivity index (χ0) is 20.8. The van der Waals surface area contributed by atoms with Crippen LogP contribution in [-0.4, -0.2) is 22.0 Å². The van der Waals surface area contributed by atoms with Crippen molar-refractivity contribution in [3.63, 3.8) is 0 Å². The first-order valence-corrected chi connectivity index (χ1v) is 10.4. The van der Waals surface area contributed by atoms with Crippen molar-refractivity contribution in [2.75, 3.05) is 10.6 Å². The van der Waals surface area contributed by atoms with Crippen molar-refractivity contribution in [1.82, 2.24) is 10.2 Å². The van der Waals surface area contributed by atoms with Gasteiger partial charge in [0.05, 0.1) is 0 Å². The lowest BCUT2D eigenvalue weighted by Crippen LogP contribution is -2.15. The second-order valence-electron chi connectivity index (χ2n) is 6.94. The normalized spacial score (nSPS) is 11.7. The number of nitrogens with zero attached hydrogens (tertiary/aromatic N) is 2. The van der Waals surface area contributed by atoms with Crippen LogP contribution in [0.25, 0.3) is 0 Å². The third kappa shape index (κ3) is 5.26. The molecule has 2 aromatic carbocycles. The van der Waals surface area contributed by atoms with Crippen LogP contribution in [0.1, 0.15) is 63.9 Å². The molecule has 1 atom stereocenters. The first-order chi connectivity index (χ1) is 14.0. The van der Waals surface area contributed by atoms with E-state index in [4.69, 9.17) is 0 Å². The molecule has 6 nitrogen and oxygen atoms in total. The lowest BCUT2D eigenvalue weighted by Gasteiger charge is -2.10. The molecule has 0 saturated heterocycles. The molecule has 29 heavy (non-hydrogen) atoms. The Hall–Kier alpha value is -3.06. The molecule has 0 bridgehead atoms. The van der Waals surface area contributed by atoms with E-state index in [0.29, 0.717) is 27.9 Å². The number of rotatable bonds is 7. The standard InChI is InChI=1S/C22H24N4O2S/c1-4-8-15(3)21-25-26-22(29-21)24-20(28)17-12-11-14(2)18(13-17)23-19(27)16-9-6-5-7-10-16/h5-7,9-13,15H,4,8H2,1-3H3,(H,23,27)(H,24,26,28). The molecule has 1 heterocycles. The fourth-order valence-corrected chi connectivity index (χ4v) is 3.72. The maximum Gasteiger partial charge on any atom is 0.257 e. The van der Waals surface area contributed by atoms with Gasteiger partial charge in [-0.15, -0.1) is 10.2 Å². The maximum atomic E-state index is 12.7. The van der Waals surface area contributed by atoms with Gasteiger partial charge in [-0.25, -0.2) is 0 Å². The third-order valence-corrected chi connectivity index (χ3v) is 5.66. The van der Waals surface area contributed by atoms with Crippen molar-refractivity contribution in [3.8, 4) is 0 Å². The van der Waals surface area contributed by atoms with Crippen molar-refractivity contribution in [3.05, 3.63) is 70.2 Å². The first kappa shape index (κ1) is 20.7. The van der Waals surface area contributed by atoms with Gasteiger partial charge in [-0.3, -0.25) is 14.9 Å². The summed E-state index contributed by atoms with van der Waals surface area (Å²) in [5.74, 6) is -0.182. The van der Waals surface area contributed by atoms with E-state index in [1.807, 2.05) is 31.2 Å². The van der Waals surface area contributed by atoms with E-state index in [2.05, 4.69) is 34.7 Å². The molecule has 7 heteroatoms. The van der Waals surface area contributed by atoms with Crippen molar-refractivity contribution < 1.29 is 9.59 Å². The van der Waals surface area contributed by atoms with Gasteiger partial charge in [0.25, 0.3) is 11.8 Å². The summed E-state index contributed by atoms with van der Waals surface area (Å²) in [6, 6.07) is 14.2. The van der Waals surface area contributed by atoms with E-state index in [9.17, 15) is 9.59 Å². The predicted octanol–water partition coefficient (Wildman–Crippen LogP) is 5.25. The van der Waals surface area contributed by atoms with Crippen LogP contribution in [0, 0.1) is 6.92 Å². The number of anilines is 2. The summed E-state index contributed by atoms with van der Waals surface area (Å²) < 4.78 is 0. The number of carbonyl (C=O) groups is 2. The highest BCUT2D eigenvalue weighted by atomic mass is 32.1. The van der Waals surface area contributed by atoms with Gasteiger partial charge in [-0.05, 0) is 43.2 Å². The minimum absolute atomic E-state index is 0.218. The van der Waals surface area contributed by atoms with Crippen molar-refractivity contribution in [2.45, 2.75) is 39.5 Å². The third-order valence-electron chi connectivity index (χ3n) is 4.59. The Morgan fingerprint density at radius 2 is 1.72 bits per heavy atom. The smallest absolute Gasteiger partial charge is 0.257 e. The Balaban J connectivity index is 1.72. The fourth-order valence-electron chi connectivity index (χ4n) is 2.89. The molecule has 0 radical (unpaired) electrons. The molecule has 0 saturated carbocycles. The van der Waals surface area contributed by atoms with Crippen molar-refractivity contribution in [1.29, 1.82) is 0 Å². The lowest BCUT2D eigenvalue weighted by molar-refractivity contribution is 0.101. The molecule has 0 aliphatic heterocycles. The van der Waals surface area contributed by atoms with Crippen LogP contribution < -0.4 is 10.6 Å². The monoisotopic (exact) mass is 408 g/mol. The molecule has 0 aliphatic carbocycles. The minimum atomic E-state index is -0.286. The average molecular weight is 409 g/mol. The maximum absolute atomic E-state index is 12.7. The molecule has 0 aliphatic rings. The summed E-state index contributed by atoms with van der Waals surface area (Å²) in [5, 5.41) is 15.3. The molecule has 0 fully saturated rings. The lowest BCUT2D eigenvalue weighted by atomic mass is 10.1. The van der Waals surface area contributed by atoms with Gasteiger partial charge in [-0.1, -0.05) is 55.9 Å². The summed E-state index contributed by atoms with van der Waals surface area (Å²) in [5.41, 5.74) is 2.47. The Morgan fingerprint density at radius 1 is 1.00 bits per heavy atom. The van der Waals surface area contributed by atoms with Crippen LogP contribution in [0.15, 0.2) is 48.5 Å². The minimum Gasteiger partial charge on any atom is -0.322 e. The van der Waals surface area contributed by atoms with Crippen LogP contribution >= 0.6 is 11.3 Å². The summed E-state index contributed by atoms with van der Waals surface area (Å²) in [6.07, 6.45) is 2.11. The summed E-state index contributed by atoms with van der Waals surface area (Å²) >= 11 is 1.40. The van der Waals surface area contributed by atoms with E-state index < -0.39 is 0 Å². The Kier molecular flexibility index (Phi) is 6.72. The largest absolute Gasteiger partial charge is 0.322 e. The number of hydrogen-bond donors (Lipinski definition) is 2. The molecule has 3 aromatic rings. The molecule has 1 unspecified atom stereocenters. The van der Waals surface area contributed by atoms with Crippen molar-refractivity contribution in [2.24, 2.45) is 0 Å².